The Morgan fingerprint density at radius 1 is 1.09 bits per heavy atom. The number of non-ortho nitro benzene ring substituents is 1. The van der Waals surface area contributed by atoms with Gasteiger partial charge in [0.15, 0.2) is 5.11 Å². The average Bonchev–Trinajstić information content (AvgIpc) is 3.49. The minimum atomic E-state index is -0.422. The number of pyridine rings is 1. The summed E-state index contributed by atoms with van der Waals surface area (Å²) in [7, 11) is 1.62. The first-order valence-corrected chi connectivity index (χ1v) is 11.0. The number of furan rings is 1. The molecular formula is C25H20N4O4S. The Labute approximate surface area is 201 Å². The van der Waals surface area contributed by atoms with Gasteiger partial charge >= 0.3 is 0 Å². The van der Waals surface area contributed by atoms with Gasteiger partial charge in [0, 0.05) is 35.6 Å². The lowest BCUT2D eigenvalue weighted by atomic mass is 10.0. The van der Waals surface area contributed by atoms with E-state index >= 15 is 0 Å². The fourth-order valence-electron chi connectivity index (χ4n) is 4.12. The number of nitrogens with zero attached hydrogens (tertiary/aromatic N) is 3. The van der Waals surface area contributed by atoms with Crippen LogP contribution in [0.15, 0.2) is 89.5 Å². The Bertz CT molecular complexity index is 1360. The van der Waals surface area contributed by atoms with Crippen LogP contribution in [0.3, 0.4) is 0 Å². The molecule has 0 amide bonds. The van der Waals surface area contributed by atoms with Gasteiger partial charge in [0.2, 0.25) is 0 Å². The first-order valence-electron chi connectivity index (χ1n) is 10.5. The van der Waals surface area contributed by atoms with E-state index in [4.69, 9.17) is 21.4 Å². The second-order valence-corrected chi connectivity index (χ2v) is 8.09. The molecule has 8 nitrogen and oxygen atoms in total. The number of nitro benzene ring substituents is 1. The summed E-state index contributed by atoms with van der Waals surface area (Å²) in [5.74, 6) is 1.88. The van der Waals surface area contributed by atoms with Crippen molar-refractivity contribution in [3.63, 3.8) is 0 Å². The minimum absolute atomic E-state index is 0.00327. The average molecular weight is 473 g/mol. The van der Waals surface area contributed by atoms with E-state index in [-0.39, 0.29) is 17.8 Å². The number of thiocarbonyl (C=S) groups is 1. The molecule has 2 unspecified atom stereocenters. The second-order valence-electron chi connectivity index (χ2n) is 7.71. The van der Waals surface area contributed by atoms with Gasteiger partial charge in [-0.1, -0.05) is 24.3 Å². The van der Waals surface area contributed by atoms with Crippen molar-refractivity contribution >= 4 is 28.7 Å². The molecule has 34 heavy (non-hydrogen) atoms. The van der Waals surface area contributed by atoms with Crippen molar-refractivity contribution in [3.05, 3.63) is 107 Å². The van der Waals surface area contributed by atoms with E-state index in [9.17, 15) is 10.1 Å². The zero-order valence-electron chi connectivity index (χ0n) is 18.1. The van der Waals surface area contributed by atoms with Gasteiger partial charge in [-0.3, -0.25) is 15.1 Å². The van der Waals surface area contributed by atoms with Crippen molar-refractivity contribution in [2.24, 2.45) is 0 Å². The Hall–Kier alpha value is -4.24. The number of aromatic nitrogens is 1. The van der Waals surface area contributed by atoms with E-state index in [1.165, 1.54) is 12.1 Å². The standard InChI is InChI=1S/C25H20N4O4S/c1-32-19-9-5-7-17(15-19)28-24(23(27-25(28)34)20-10-2-3-13-26-20)22-12-11-21(33-22)16-6-4-8-18(14-16)29(30)31/h2-15,23-24H,1H3,(H,27,34). The van der Waals surface area contributed by atoms with Crippen molar-refractivity contribution in [1.82, 2.24) is 10.3 Å². The molecule has 0 spiro atoms. The molecule has 2 aromatic carbocycles. The molecule has 1 saturated heterocycles. The summed E-state index contributed by atoms with van der Waals surface area (Å²) in [5, 5.41) is 15.1. The summed E-state index contributed by atoms with van der Waals surface area (Å²) in [6.45, 7) is 0. The van der Waals surface area contributed by atoms with Crippen molar-refractivity contribution in [2.75, 3.05) is 12.0 Å². The van der Waals surface area contributed by atoms with Crippen LogP contribution < -0.4 is 15.0 Å². The number of hydrogen-bond donors (Lipinski definition) is 1. The monoisotopic (exact) mass is 472 g/mol. The molecule has 0 aliphatic carbocycles. The van der Waals surface area contributed by atoms with E-state index < -0.39 is 4.92 Å². The predicted molar refractivity (Wildman–Crippen MR) is 132 cm³/mol. The van der Waals surface area contributed by atoms with E-state index in [0.29, 0.717) is 27.9 Å². The molecule has 2 atom stereocenters. The summed E-state index contributed by atoms with van der Waals surface area (Å²) in [4.78, 5) is 17.3. The lowest BCUT2D eigenvalue weighted by molar-refractivity contribution is -0.384. The van der Waals surface area contributed by atoms with Crippen LogP contribution in [0.4, 0.5) is 11.4 Å². The Morgan fingerprint density at radius 2 is 1.94 bits per heavy atom. The van der Waals surface area contributed by atoms with Crippen LogP contribution in [0, 0.1) is 10.1 Å². The summed E-state index contributed by atoms with van der Waals surface area (Å²) in [6.07, 6.45) is 1.74. The fraction of sp³-hybridized carbons (Fsp3) is 0.120. The number of rotatable bonds is 6. The van der Waals surface area contributed by atoms with Crippen LogP contribution in [-0.2, 0) is 0 Å². The summed E-state index contributed by atoms with van der Waals surface area (Å²) in [5.41, 5.74) is 2.28. The van der Waals surface area contributed by atoms with Crippen molar-refractivity contribution in [3.8, 4) is 17.1 Å². The first kappa shape index (κ1) is 21.6. The lowest BCUT2D eigenvalue weighted by Gasteiger charge is -2.26. The van der Waals surface area contributed by atoms with Gasteiger partial charge in [0.1, 0.15) is 23.3 Å². The molecule has 1 aliphatic rings. The zero-order chi connectivity index (χ0) is 23.7. The van der Waals surface area contributed by atoms with Crippen LogP contribution in [0.1, 0.15) is 23.5 Å². The SMILES string of the molecule is COc1cccc(N2C(=S)NC(c3ccccn3)C2c2ccc(-c3cccc([N+](=O)[O-])c3)o2)c1. The Balaban J connectivity index is 1.59. The van der Waals surface area contributed by atoms with Gasteiger partial charge in [-0.25, -0.2) is 0 Å². The number of hydrogen-bond acceptors (Lipinski definition) is 6. The first-order chi connectivity index (χ1) is 16.5. The number of nitrogens with one attached hydrogen (secondary N) is 1. The number of nitro groups is 1. The third-order valence-corrected chi connectivity index (χ3v) is 6.00. The van der Waals surface area contributed by atoms with Crippen molar-refractivity contribution < 1.29 is 14.1 Å². The van der Waals surface area contributed by atoms with Crippen molar-refractivity contribution in [1.29, 1.82) is 0 Å². The van der Waals surface area contributed by atoms with Gasteiger partial charge in [0.25, 0.3) is 5.69 Å². The summed E-state index contributed by atoms with van der Waals surface area (Å²) < 4.78 is 11.7. The molecule has 1 aliphatic heterocycles. The third kappa shape index (κ3) is 3.97. The van der Waals surface area contributed by atoms with E-state index in [1.807, 2.05) is 59.5 Å². The molecule has 1 fully saturated rings. The number of methoxy groups -OCH3 is 1. The number of benzene rings is 2. The van der Waals surface area contributed by atoms with Gasteiger partial charge in [-0.2, -0.15) is 0 Å². The van der Waals surface area contributed by atoms with E-state index in [0.717, 1.165) is 11.4 Å². The van der Waals surface area contributed by atoms with Crippen LogP contribution >= 0.6 is 12.2 Å². The molecule has 0 saturated carbocycles. The zero-order valence-corrected chi connectivity index (χ0v) is 18.9. The molecule has 2 aromatic heterocycles. The molecule has 0 bridgehead atoms. The van der Waals surface area contributed by atoms with Crippen LogP contribution in [0.2, 0.25) is 0 Å². The highest BCUT2D eigenvalue weighted by atomic mass is 32.1. The fourth-order valence-corrected chi connectivity index (χ4v) is 4.47. The normalized spacial score (nSPS) is 17.4. The number of ether oxygens (including phenoxy) is 1. The molecular weight excluding hydrogens is 452 g/mol. The van der Waals surface area contributed by atoms with Crippen molar-refractivity contribution in [2.45, 2.75) is 12.1 Å². The number of anilines is 1. The van der Waals surface area contributed by atoms with Crippen LogP contribution in [0.5, 0.6) is 5.75 Å². The van der Waals surface area contributed by atoms with Gasteiger partial charge < -0.3 is 19.4 Å². The highest BCUT2D eigenvalue weighted by molar-refractivity contribution is 7.80. The molecule has 1 N–H and O–H groups in total. The second kappa shape index (κ2) is 8.95. The van der Waals surface area contributed by atoms with Crippen LogP contribution in [0.25, 0.3) is 11.3 Å². The van der Waals surface area contributed by atoms with E-state index in [1.54, 1.807) is 25.4 Å². The maximum Gasteiger partial charge on any atom is 0.270 e. The predicted octanol–water partition coefficient (Wildman–Crippen LogP) is 5.44. The Morgan fingerprint density at radius 3 is 2.71 bits per heavy atom. The smallest absolute Gasteiger partial charge is 0.270 e. The van der Waals surface area contributed by atoms with Gasteiger partial charge in [-0.15, -0.1) is 0 Å². The molecule has 170 valence electrons. The minimum Gasteiger partial charge on any atom is -0.497 e. The maximum absolute atomic E-state index is 11.2. The molecule has 9 heteroatoms. The maximum atomic E-state index is 11.2. The third-order valence-electron chi connectivity index (χ3n) is 5.69. The highest BCUT2D eigenvalue weighted by Crippen LogP contribution is 2.43. The Kier molecular flexibility index (Phi) is 5.69. The summed E-state index contributed by atoms with van der Waals surface area (Å²) in [6, 6.07) is 22.8. The van der Waals surface area contributed by atoms with Gasteiger partial charge in [0.05, 0.1) is 23.8 Å². The van der Waals surface area contributed by atoms with Gasteiger partial charge in [-0.05, 0) is 48.6 Å². The molecule has 0 radical (unpaired) electrons. The summed E-state index contributed by atoms with van der Waals surface area (Å²) >= 11 is 5.73. The van der Waals surface area contributed by atoms with E-state index in [2.05, 4.69) is 10.3 Å². The molecule has 5 rings (SSSR count). The topological polar surface area (TPSA) is 93.7 Å². The lowest BCUT2D eigenvalue weighted by Crippen LogP contribution is -2.29. The molecule has 4 aromatic rings. The van der Waals surface area contributed by atoms with Crippen LogP contribution in [-0.4, -0.2) is 22.1 Å². The molecule has 3 heterocycles. The largest absolute Gasteiger partial charge is 0.497 e. The quantitative estimate of drug-likeness (QED) is 0.225. The highest BCUT2D eigenvalue weighted by Gasteiger charge is 2.42.